The highest BCUT2D eigenvalue weighted by atomic mass is 32.1. The molecule has 0 radical (unpaired) electrons. The molecule has 1 aliphatic heterocycles. The average molecular weight is 229 g/mol. The van der Waals surface area contributed by atoms with Gasteiger partial charge in [-0.05, 0) is 18.5 Å². The molecule has 1 aromatic rings. The Morgan fingerprint density at radius 1 is 1.60 bits per heavy atom. The number of nitrogens with one attached hydrogen (secondary N) is 1. The topological polar surface area (TPSA) is 69.4 Å². The number of nitrogen functional groups attached to an aromatic ring is 1. The van der Waals surface area contributed by atoms with Crippen LogP contribution in [0.1, 0.15) is 5.56 Å². The van der Waals surface area contributed by atoms with Crippen LogP contribution in [0.15, 0.2) is 0 Å². The second-order valence-corrected chi connectivity index (χ2v) is 4.24. The van der Waals surface area contributed by atoms with E-state index >= 15 is 0 Å². The van der Waals surface area contributed by atoms with Crippen LogP contribution < -0.4 is 11.1 Å². The summed E-state index contributed by atoms with van der Waals surface area (Å²) in [4.78, 5) is 0. The molecule has 15 heavy (non-hydrogen) atoms. The summed E-state index contributed by atoms with van der Waals surface area (Å²) in [5.74, 6) is 0.600. The third-order valence-electron chi connectivity index (χ3n) is 2.34. The van der Waals surface area contributed by atoms with Crippen molar-refractivity contribution in [2.24, 2.45) is 0 Å². The van der Waals surface area contributed by atoms with Gasteiger partial charge >= 0.3 is 0 Å². The molecule has 5 nitrogen and oxygen atoms in total. The fraction of sp³-hybridized carbons (Fsp3) is 0.667. The molecule has 1 saturated heterocycles. The van der Waals surface area contributed by atoms with Gasteiger partial charge in [0.1, 0.15) is 10.8 Å². The maximum Gasteiger partial charge on any atom is 0.142 e. The molecule has 1 aliphatic rings. The Kier molecular flexibility index (Phi) is 3.40. The number of hydrogen-bond donors (Lipinski definition) is 2. The normalized spacial score (nSPS) is 21.5. The monoisotopic (exact) mass is 229 g/mol. The lowest BCUT2D eigenvalue weighted by Gasteiger charge is -2.23. The van der Waals surface area contributed by atoms with Gasteiger partial charge in [-0.1, -0.05) is 0 Å². The number of aromatic nitrogens is 1. The van der Waals surface area contributed by atoms with Crippen LogP contribution in [0.5, 0.6) is 0 Å². The Morgan fingerprint density at radius 3 is 3.07 bits per heavy atom. The molecule has 3 N–H and O–H groups in total. The molecule has 0 amide bonds. The van der Waals surface area contributed by atoms with Crippen LogP contribution in [0.4, 0.5) is 10.8 Å². The zero-order valence-electron chi connectivity index (χ0n) is 8.66. The summed E-state index contributed by atoms with van der Waals surface area (Å²) in [5.41, 5.74) is 6.66. The summed E-state index contributed by atoms with van der Waals surface area (Å²) in [5, 5.41) is 4.29. The fourth-order valence-electron chi connectivity index (χ4n) is 1.37. The van der Waals surface area contributed by atoms with Crippen LogP contribution in [-0.4, -0.2) is 36.8 Å². The van der Waals surface area contributed by atoms with Gasteiger partial charge in [0.15, 0.2) is 0 Å². The summed E-state index contributed by atoms with van der Waals surface area (Å²) in [7, 11) is 0. The first-order chi connectivity index (χ1) is 7.27. The molecule has 0 aromatic carbocycles. The number of anilines is 2. The zero-order chi connectivity index (χ0) is 10.7. The van der Waals surface area contributed by atoms with Crippen molar-refractivity contribution in [1.82, 2.24) is 4.37 Å². The second-order valence-electron chi connectivity index (χ2n) is 3.47. The lowest BCUT2D eigenvalue weighted by atomic mass is 10.3. The predicted molar refractivity (Wildman–Crippen MR) is 60.3 cm³/mol. The summed E-state index contributed by atoms with van der Waals surface area (Å²) in [6, 6.07) is 0. The van der Waals surface area contributed by atoms with Gasteiger partial charge in [-0.2, -0.15) is 4.37 Å². The van der Waals surface area contributed by atoms with Crippen LogP contribution in [0.2, 0.25) is 0 Å². The molecular formula is C9H15N3O2S. The standard InChI is InChI=1S/C9H15N3O2S/c1-6-8(10)12-15-9(6)11-4-7-5-13-2-3-14-7/h7,11H,2-5H2,1H3,(H2,10,12). The van der Waals surface area contributed by atoms with E-state index in [2.05, 4.69) is 9.69 Å². The minimum absolute atomic E-state index is 0.126. The third kappa shape index (κ3) is 2.58. The summed E-state index contributed by atoms with van der Waals surface area (Å²) >= 11 is 1.38. The average Bonchev–Trinajstić information content (AvgIpc) is 2.59. The van der Waals surface area contributed by atoms with Crippen LogP contribution in [0.25, 0.3) is 0 Å². The Balaban J connectivity index is 1.84. The highest BCUT2D eigenvalue weighted by Gasteiger charge is 2.15. The molecule has 2 heterocycles. The van der Waals surface area contributed by atoms with Crippen molar-refractivity contribution < 1.29 is 9.47 Å². The maximum absolute atomic E-state index is 5.65. The van der Waals surface area contributed by atoms with E-state index < -0.39 is 0 Å². The molecular weight excluding hydrogens is 214 g/mol. The Bertz CT molecular complexity index is 323. The quantitative estimate of drug-likeness (QED) is 0.804. The number of nitrogens with two attached hydrogens (primary N) is 1. The molecule has 1 atom stereocenters. The molecule has 1 fully saturated rings. The number of hydrogen-bond acceptors (Lipinski definition) is 6. The first kappa shape index (κ1) is 10.7. The first-order valence-electron chi connectivity index (χ1n) is 4.92. The van der Waals surface area contributed by atoms with Crippen LogP contribution in [0, 0.1) is 6.92 Å². The third-order valence-corrected chi connectivity index (χ3v) is 3.26. The van der Waals surface area contributed by atoms with Crippen molar-refractivity contribution in [2.45, 2.75) is 13.0 Å². The van der Waals surface area contributed by atoms with Crippen molar-refractivity contribution in [1.29, 1.82) is 0 Å². The molecule has 1 unspecified atom stereocenters. The highest BCUT2D eigenvalue weighted by molar-refractivity contribution is 7.10. The number of nitrogens with zero attached hydrogens (tertiary/aromatic N) is 1. The van der Waals surface area contributed by atoms with Gasteiger partial charge in [0, 0.05) is 12.1 Å². The molecule has 84 valence electrons. The molecule has 0 bridgehead atoms. The second kappa shape index (κ2) is 4.78. The lowest BCUT2D eigenvalue weighted by Crippen LogP contribution is -2.34. The van der Waals surface area contributed by atoms with Gasteiger partial charge in [0.2, 0.25) is 0 Å². The zero-order valence-corrected chi connectivity index (χ0v) is 9.47. The van der Waals surface area contributed by atoms with Crippen molar-refractivity contribution >= 4 is 22.4 Å². The van der Waals surface area contributed by atoms with E-state index in [0.717, 1.165) is 17.1 Å². The Morgan fingerprint density at radius 2 is 2.47 bits per heavy atom. The molecule has 0 spiro atoms. The van der Waals surface area contributed by atoms with Crippen LogP contribution >= 0.6 is 11.5 Å². The molecule has 0 aliphatic carbocycles. The van der Waals surface area contributed by atoms with E-state index in [-0.39, 0.29) is 6.10 Å². The smallest absolute Gasteiger partial charge is 0.142 e. The minimum Gasteiger partial charge on any atom is -0.383 e. The number of rotatable bonds is 3. The van der Waals surface area contributed by atoms with Crippen LogP contribution in [0.3, 0.4) is 0 Å². The van der Waals surface area contributed by atoms with E-state index in [1.807, 2.05) is 6.92 Å². The Hall–Kier alpha value is -0.850. The van der Waals surface area contributed by atoms with Gasteiger partial charge in [-0.3, -0.25) is 0 Å². The van der Waals surface area contributed by atoms with E-state index in [4.69, 9.17) is 15.2 Å². The highest BCUT2D eigenvalue weighted by Crippen LogP contribution is 2.25. The first-order valence-corrected chi connectivity index (χ1v) is 5.69. The predicted octanol–water partition coefficient (Wildman–Crippen LogP) is 0.861. The van der Waals surface area contributed by atoms with Crippen molar-refractivity contribution in [3.63, 3.8) is 0 Å². The van der Waals surface area contributed by atoms with Crippen LogP contribution in [-0.2, 0) is 9.47 Å². The van der Waals surface area contributed by atoms with E-state index in [9.17, 15) is 0 Å². The van der Waals surface area contributed by atoms with Gasteiger partial charge in [-0.15, -0.1) is 0 Å². The minimum atomic E-state index is 0.126. The fourth-order valence-corrected chi connectivity index (χ4v) is 2.09. The maximum atomic E-state index is 5.65. The van der Waals surface area contributed by atoms with Gasteiger partial charge in [0.05, 0.1) is 25.9 Å². The largest absolute Gasteiger partial charge is 0.383 e. The van der Waals surface area contributed by atoms with Gasteiger partial charge in [0.25, 0.3) is 0 Å². The van der Waals surface area contributed by atoms with Gasteiger partial charge in [-0.25, -0.2) is 0 Å². The van der Waals surface area contributed by atoms with E-state index in [1.54, 1.807) is 0 Å². The van der Waals surface area contributed by atoms with Crippen molar-refractivity contribution in [2.75, 3.05) is 37.4 Å². The molecule has 1 aromatic heterocycles. The summed E-state index contributed by atoms with van der Waals surface area (Å²) in [6.07, 6.45) is 0.126. The summed E-state index contributed by atoms with van der Waals surface area (Å²) in [6.45, 7) is 4.72. The van der Waals surface area contributed by atoms with Crippen molar-refractivity contribution in [3.8, 4) is 0 Å². The lowest BCUT2D eigenvalue weighted by molar-refractivity contribution is -0.0818. The van der Waals surface area contributed by atoms with Crippen molar-refractivity contribution in [3.05, 3.63) is 5.56 Å². The number of ether oxygens (including phenoxy) is 2. The molecule has 0 saturated carbocycles. The summed E-state index contributed by atoms with van der Waals surface area (Å²) < 4.78 is 14.9. The van der Waals surface area contributed by atoms with E-state index in [0.29, 0.717) is 25.6 Å². The molecule has 6 heteroatoms. The molecule has 2 rings (SSSR count). The van der Waals surface area contributed by atoms with Gasteiger partial charge < -0.3 is 20.5 Å². The Labute approximate surface area is 92.7 Å². The SMILES string of the molecule is Cc1c(N)nsc1NCC1COCCO1. The van der Waals surface area contributed by atoms with E-state index in [1.165, 1.54) is 11.5 Å².